The van der Waals surface area contributed by atoms with Gasteiger partial charge in [-0.1, -0.05) is 204 Å². The van der Waals surface area contributed by atoms with Crippen molar-refractivity contribution in [3.8, 4) is 33.4 Å². The van der Waals surface area contributed by atoms with Gasteiger partial charge in [-0.3, -0.25) is 28.8 Å². The van der Waals surface area contributed by atoms with Crippen LogP contribution in [0.5, 0.6) is 0 Å². The first-order valence-corrected chi connectivity index (χ1v) is 46.9. The van der Waals surface area contributed by atoms with Crippen LogP contribution in [-0.2, 0) is 128 Å². The zero-order valence-electron chi connectivity index (χ0n) is 118. The lowest BCUT2D eigenvalue weighted by atomic mass is 9.97. The molecule has 9 aromatic carbocycles. The van der Waals surface area contributed by atoms with Gasteiger partial charge in [-0.25, -0.2) is 13.2 Å². The summed E-state index contributed by atoms with van der Waals surface area (Å²) < 4.78 is 507. The van der Waals surface area contributed by atoms with Crippen molar-refractivity contribution < 1.29 is 121 Å². The van der Waals surface area contributed by atoms with Crippen molar-refractivity contribution in [1.29, 1.82) is 0 Å². The number of carbonyl (C=O) groups is 3. The summed E-state index contributed by atoms with van der Waals surface area (Å²) in [6.07, 6.45) is -12.9. The Bertz CT molecular complexity index is 8610. The number of alkyl halides is 9. The molecule has 0 N–H and O–H groups in total. The Kier molecular flexibility index (Phi) is 23.7. The van der Waals surface area contributed by atoms with Gasteiger partial charge in [0.2, 0.25) is 17.7 Å². The first-order valence-electron chi connectivity index (χ1n) is 63.9. The summed E-state index contributed by atoms with van der Waals surface area (Å²) in [7, 11) is 0. The van der Waals surface area contributed by atoms with Crippen LogP contribution in [0.2, 0.25) is 0 Å². The molecule has 0 radical (unpaired) electrons. The van der Waals surface area contributed by atoms with E-state index in [1.165, 1.54) is 20.8 Å². The molecule has 3 amide bonds. The third kappa shape index (κ3) is 29.1. The molecule has 0 bridgehead atoms. The molecule has 3 aliphatic carbocycles. The van der Waals surface area contributed by atoms with Crippen LogP contribution in [0.4, 0.5) is 52.7 Å². The third-order valence-corrected chi connectivity index (χ3v) is 24.9. The van der Waals surface area contributed by atoms with Gasteiger partial charge in [-0.05, 0) is 274 Å². The second kappa shape index (κ2) is 50.3. The van der Waals surface area contributed by atoms with E-state index in [2.05, 4.69) is 15.0 Å². The Morgan fingerprint density at radius 2 is 0.639 bits per heavy atom. The molecule has 0 spiro atoms. The second-order valence-corrected chi connectivity index (χ2v) is 34.3. The Hall–Kier alpha value is -11.9. The fourth-order valence-corrected chi connectivity index (χ4v) is 17.3. The van der Waals surface area contributed by atoms with Crippen molar-refractivity contribution in [1.82, 2.24) is 58.1 Å². The van der Waals surface area contributed by atoms with E-state index in [0.29, 0.717) is 58.2 Å². The number of carbonyl (C=O) groups excluding carboxylic acids is 3. The van der Waals surface area contributed by atoms with Crippen LogP contribution < -0.4 is 16.7 Å². The molecule has 3 aromatic heterocycles. The number of nitrogens with zero attached hydrogens (tertiary/aromatic N) is 12. The molecule has 762 valence electrons. The number of amides is 3. The van der Waals surface area contributed by atoms with Gasteiger partial charge >= 0.3 is 18.5 Å². The van der Waals surface area contributed by atoms with E-state index in [0.717, 1.165) is 176 Å². The van der Waals surface area contributed by atoms with Crippen LogP contribution >= 0.6 is 35.3 Å². The molecule has 0 atom stereocenters. The van der Waals surface area contributed by atoms with Gasteiger partial charge in [-0.2, -0.15) is 54.5 Å². The van der Waals surface area contributed by atoms with Gasteiger partial charge in [0.25, 0.3) is 16.7 Å². The monoisotopic (exact) mass is 2080 g/mol. The van der Waals surface area contributed by atoms with Gasteiger partial charge in [0.1, 0.15) is 36.9 Å². The maximum atomic E-state index is 15.1. The highest BCUT2D eigenvalue weighted by atomic mass is 32.2. The minimum Gasteiger partial charge on any atom is -0.336 e. The highest BCUT2D eigenvalue weighted by Crippen LogP contribution is 2.39. The Balaban J connectivity index is 0.000000223. The molecular weight excluding hydrogens is 1920 g/mol. The molecule has 12 aromatic rings. The molecule has 3 aliphatic rings. The minimum atomic E-state index is -4.73. The van der Waals surface area contributed by atoms with E-state index >= 15 is 4.79 Å². The number of hydrogen-bond donors (Lipinski definition) is 0. The summed E-state index contributed by atoms with van der Waals surface area (Å²) in [6, 6.07) is 16.8. The summed E-state index contributed by atoms with van der Waals surface area (Å²) in [5.74, 6) is -7.24. The van der Waals surface area contributed by atoms with Crippen LogP contribution in [0.25, 0.3) is 33.4 Å². The fraction of sp³-hybridized carbons (Fsp3) is 0.378. The number of benzene rings is 9. The number of thioether (sulfide) groups is 3. The SMILES string of the molecule is [2H]c1c([2H])c(-c2ccc(C(F)(F)F)cc2)c(C)c([2H])c1CN(C(=O)C([2H])([2H])n1c(SC([2H])([2H])c2ccc(F)cc2)nc(=O)c2c1CCC2)C([2H])([2H])C([2H])([2H])N(C([2H])([2H])C)C([2H])([2H])C.[2H]c1c([2H])c(-c2ccc(C(F)(F)F)cc2)c(C)c([2H])c1CN(CCN(C([2H])([2H])C)C([2H])([2H])C)C(=O)C([2H])([2H])n1c(SC([2H])([2H])c2ccc(F)cc2)nc(=O)c2c1CCC2.[2H]c1c([2H])c(C([2H])([2H])N(CCN(C([2H])([2H])C)C([2H])([2H])C)C(=O)C([2H])([2H])n2c(SC([2H])([2H])c3ccc(F)cc3)nc(=O)c3c2CCC3)c([2H])c(C)c1-c1ccc(C(F)(F)F)cc1. The Morgan fingerprint density at radius 3 is 0.951 bits per heavy atom. The van der Waals surface area contributed by atoms with Crippen LogP contribution in [-0.4, -0.2) is 154 Å². The van der Waals surface area contributed by atoms with Crippen molar-refractivity contribution in [3.05, 3.63) is 349 Å². The molecular formula is C111H120F12N12O6S3. The lowest BCUT2D eigenvalue weighted by molar-refractivity contribution is -0.138. The number of hydrogen-bond acceptors (Lipinski definition) is 15. The fourth-order valence-electron chi connectivity index (χ4n) is 15.2. The molecule has 0 aliphatic heterocycles. The molecule has 0 saturated carbocycles. The lowest BCUT2D eigenvalue weighted by Crippen LogP contribution is -2.40. The quantitative estimate of drug-likeness (QED) is 0.0202. The number of rotatable bonds is 39. The Labute approximate surface area is 899 Å². The van der Waals surface area contributed by atoms with Crippen molar-refractivity contribution in [2.24, 2.45) is 0 Å². The summed E-state index contributed by atoms with van der Waals surface area (Å²) in [6.45, 7) is -33.3. The van der Waals surface area contributed by atoms with Crippen LogP contribution in [0.3, 0.4) is 0 Å². The molecule has 0 fully saturated rings. The Morgan fingerprint density at radius 1 is 0.354 bits per heavy atom. The van der Waals surface area contributed by atoms with Crippen molar-refractivity contribution in [3.63, 3.8) is 0 Å². The van der Waals surface area contributed by atoms with Gasteiger partial charge in [0, 0.05) is 137 Å². The average Bonchev–Trinajstić information content (AvgIpc) is 1.05. The normalized spacial score (nSPS) is 18.3. The predicted molar refractivity (Wildman–Crippen MR) is 544 cm³/mol. The summed E-state index contributed by atoms with van der Waals surface area (Å²) in [5, 5.41) is -1.96. The van der Waals surface area contributed by atoms with Crippen LogP contribution in [0.1, 0.15) is 215 Å². The highest BCUT2D eigenvalue weighted by Gasteiger charge is 2.35. The maximum Gasteiger partial charge on any atom is 0.416 e. The van der Waals surface area contributed by atoms with Gasteiger partial charge in [0.05, 0.1) is 42.7 Å². The van der Waals surface area contributed by atoms with Gasteiger partial charge < -0.3 is 43.1 Å². The molecule has 0 unspecified atom stereocenters. The summed E-state index contributed by atoms with van der Waals surface area (Å²) >= 11 is 0.651. The molecule has 33 heteroatoms. The van der Waals surface area contributed by atoms with E-state index in [-0.39, 0.29) is 196 Å². The standard InChI is InChI=1S/3C37H40F4N4O2S/c3*1-4-43(5-2)19-20-44(22-27-11-18-31(25(3)21-27)28-12-14-29(15-13-28)37(39,40)41)34(46)23-45-33-8-6-7-32(33)35(47)42-36(45)48-24-26-9-16-30(38)17-10-26/h3*9-18,21H,4-8,19-20,22-24H2,1-3H3/i4D2,5D2,11D,18D,19D2,20D2,21D,23D2,24D2;4D2,5D2,11D,18D,21D,22D2,23D2,24D2;4D2,5D2,11D,18D,21D,23D2,24D2. The number of aromatic nitrogens is 6. The molecule has 3 heterocycles. The van der Waals surface area contributed by atoms with Gasteiger partial charge in [-0.15, -0.1) is 0 Å². The predicted octanol–water partition coefficient (Wildman–Crippen LogP) is 22.6. The van der Waals surface area contributed by atoms with E-state index < -0.39 is 302 Å². The second-order valence-electron chi connectivity index (χ2n) is 32.0. The zero-order chi connectivity index (χ0) is 138. The average molecular weight is 2080 g/mol. The zero-order valence-corrected chi connectivity index (χ0v) is 81.0. The third-order valence-electron chi connectivity index (χ3n) is 22.5. The smallest absolute Gasteiger partial charge is 0.336 e. The van der Waals surface area contributed by atoms with E-state index in [9.17, 15) is 90.4 Å². The number of likely N-dealkylation sites (N-methyl/N-ethyl adjacent to an activating group) is 3. The summed E-state index contributed by atoms with van der Waals surface area (Å²) in [4.78, 5) is 98.5. The van der Waals surface area contributed by atoms with Crippen LogP contribution in [0.15, 0.2) is 230 Å². The molecule has 144 heavy (non-hydrogen) atoms. The maximum absolute atomic E-state index is 15.1. The van der Waals surface area contributed by atoms with E-state index in [1.807, 2.05) is 0 Å². The van der Waals surface area contributed by atoms with E-state index in [1.54, 1.807) is 0 Å². The van der Waals surface area contributed by atoms with Gasteiger partial charge in [0.15, 0.2) is 15.5 Å². The summed E-state index contributed by atoms with van der Waals surface area (Å²) in [5.41, 5.74) is -16.3. The lowest BCUT2D eigenvalue weighted by Gasteiger charge is -2.28. The van der Waals surface area contributed by atoms with E-state index in [4.69, 9.17) is 39.8 Å². The molecule has 18 nitrogen and oxygen atoms in total. The van der Waals surface area contributed by atoms with Crippen molar-refractivity contribution in [2.75, 3.05) is 78.2 Å². The first kappa shape index (κ1) is 67.7. The van der Waals surface area contributed by atoms with Crippen molar-refractivity contribution in [2.45, 2.75) is 210 Å². The highest BCUT2D eigenvalue weighted by molar-refractivity contribution is 7.98. The number of halogens is 12. The number of fused-ring (bicyclic) bond motifs is 3. The van der Waals surface area contributed by atoms with Crippen LogP contribution in [0, 0.1) is 38.2 Å². The molecule has 15 rings (SSSR count). The largest absolute Gasteiger partial charge is 0.416 e. The molecule has 0 saturated heterocycles. The topological polar surface area (TPSA) is 175 Å². The minimum absolute atomic E-state index is 0.00215. The van der Waals surface area contributed by atoms with Crippen molar-refractivity contribution >= 4 is 53.0 Å². The first-order chi connectivity index (χ1) is 83.5.